The van der Waals surface area contributed by atoms with E-state index in [1.54, 1.807) is 12.3 Å². The van der Waals surface area contributed by atoms with Gasteiger partial charge in [0, 0.05) is 19.3 Å². The molecule has 2 N–H and O–H groups in total. The molecule has 3 rings (SSSR count). The van der Waals surface area contributed by atoms with Crippen LogP contribution >= 0.6 is 12.4 Å². The average Bonchev–Trinajstić information content (AvgIpc) is 3.03. The van der Waals surface area contributed by atoms with E-state index in [2.05, 4.69) is 17.1 Å². The first-order valence-corrected chi connectivity index (χ1v) is 6.74. The molecule has 0 saturated carbocycles. The molecule has 2 aromatic rings. The minimum absolute atomic E-state index is 0. The summed E-state index contributed by atoms with van der Waals surface area (Å²) in [5.74, 6) is -0.00262. The standard InChI is InChI=1S/C14H18N4O2.ClH/c1-9-11-5-10(6-16-12(11)20-17-9)13(19)18-4-3-14(2,7-15)8-18;/h5-6H,3-4,7-8,15H2,1-2H3;1H. The second-order valence-electron chi connectivity index (χ2n) is 5.84. The zero-order valence-electron chi connectivity index (χ0n) is 12.1. The first-order chi connectivity index (χ1) is 9.52. The summed E-state index contributed by atoms with van der Waals surface area (Å²) in [6.07, 6.45) is 2.49. The van der Waals surface area contributed by atoms with E-state index in [0.29, 0.717) is 24.4 Å². The van der Waals surface area contributed by atoms with E-state index in [9.17, 15) is 4.79 Å². The summed E-state index contributed by atoms with van der Waals surface area (Å²) in [5, 5.41) is 4.64. The number of aromatic nitrogens is 2. The fraction of sp³-hybridized carbons (Fsp3) is 0.500. The molecular weight excluding hydrogens is 292 g/mol. The lowest BCUT2D eigenvalue weighted by Gasteiger charge is -2.22. The van der Waals surface area contributed by atoms with Crippen LogP contribution in [-0.2, 0) is 0 Å². The van der Waals surface area contributed by atoms with Crippen molar-refractivity contribution in [1.82, 2.24) is 15.0 Å². The fourth-order valence-corrected chi connectivity index (χ4v) is 2.61. The Morgan fingerprint density at radius 1 is 1.57 bits per heavy atom. The van der Waals surface area contributed by atoms with Crippen molar-refractivity contribution < 1.29 is 9.32 Å². The lowest BCUT2D eigenvalue weighted by Crippen LogP contribution is -2.34. The molecular formula is C14H19ClN4O2. The number of aryl methyl sites for hydroxylation is 1. The molecule has 0 aromatic carbocycles. The molecule has 1 aliphatic heterocycles. The molecule has 2 aromatic heterocycles. The summed E-state index contributed by atoms with van der Waals surface area (Å²) < 4.78 is 5.06. The second-order valence-corrected chi connectivity index (χ2v) is 5.84. The molecule has 0 radical (unpaired) electrons. The zero-order valence-corrected chi connectivity index (χ0v) is 12.9. The summed E-state index contributed by atoms with van der Waals surface area (Å²) in [6.45, 7) is 5.99. The molecule has 1 aliphatic rings. The Labute approximate surface area is 129 Å². The highest BCUT2D eigenvalue weighted by Crippen LogP contribution is 2.29. The van der Waals surface area contributed by atoms with Gasteiger partial charge >= 0.3 is 0 Å². The van der Waals surface area contributed by atoms with Crippen LogP contribution in [0, 0.1) is 12.3 Å². The molecule has 0 aliphatic carbocycles. The quantitative estimate of drug-likeness (QED) is 0.913. The van der Waals surface area contributed by atoms with Gasteiger partial charge in [0.1, 0.15) is 0 Å². The van der Waals surface area contributed by atoms with Crippen LogP contribution in [0.2, 0.25) is 0 Å². The van der Waals surface area contributed by atoms with Crippen LogP contribution in [0.25, 0.3) is 11.1 Å². The highest BCUT2D eigenvalue weighted by molar-refractivity contribution is 5.97. The Morgan fingerprint density at radius 2 is 2.33 bits per heavy atom. The number of carbonyl (C=O) groups excluding carboxylic acids is 1. The second kappa shape index (κ2) is 5.61. The fourth-order valence-electron chi connectivity index (χ4n) is 2.61. The number of nitrogens with two attached hydrogens (primary N) is 1. The third kappa shape index (κ3) is 2.73. The highest BCUT2D eigenvalue weighted by Gasteiger charge is 2.35. The van der Waals surface area contributed by atoms with Gasteiger partial charge in [-0.15, -0.1) is 12.4 Å². The van der Waals surface area contributed by atoms with E-state index < -0.39 is 0 Å². The van der Waals surface area contributed by atoms with Gasteiger partial charge in [-0.2, -0.15) is 0 Å². The van der Waals surface area contributed by atoms with Crippen LogP contribution in [-0.4, -0.2) is 40.6 Å². The number of likely N-dealkylation sites (tertiary alicyclic amines) is 1. The molecule has 6 nitrogen and oxygen atoms in total. The number of rotatable bonds is 2. The summed E-state index contributed by atoms with van der Waals surface area (Å²) in [7, 11) is 0. The predicted octanol–water partition coefficient (Wildman–Crippen LogP) is 1.76. The van der Waals surface area contributed by atoms with E-state index in [4.69, 9.17) is 10.3 Å². The molecule has 114 valence electrons. The molecule has 1 fully saturated rings. The van der Waals surface area contributed by atoms with Crippen LogP contribution in [0.3, 0.4) is 0 Å². The summed E-state index contributed by atoms with van der Waals surface area (Å²) in [4.78, 5) is 18.5. The maximum absolute atomic E-state index is 12.5. The number of hydrogen-bond acceptors (Lipinski definition) is 5. The normalized spacial score (nSPS) is 21.6. The van der Waals surface area contributed by atoms with E-state index in [1.165, 1.54) is 0 Å². The van der Waals surface area contributed by atoms with Crippen molar-refractivity contribution in [2.75, 3.05) is 19.6 Å². The van der Waals surface area contributed by atoms with Crippen LogP contribution in [0.4, 0.5) is 0 Å². The van der Waals surface area contributed by atoms with Crippen molar-refractivity contribution in [3.63, 3.8) is 0 Å². The average molecular weight is 311 g/mol. The van der Waals surface area contributed by atoms with E-state index in [1.807, 2.05) is 11.8 Å². The van der Waals surface area contributed by atoms with E-state index >= 15 is 0 Å². The molecule has 7 heteroatoms. The third-order valence-electron chi connectivity index (χ3n) is 4.09. The van der Waals surface area contributed by atoms with Gasteiger partial charge < -0.3 is 15.2 Å². The van der Waals surface area contributed by atoms with Crippen molar-refractivity contribution in [3.8, 4) is 0 Å². The lowest BCUT2D eigenvalue weighted by atomic mass is 9.90. The maximum atomic E-state index is 12.5. The molecule has 0 bridgehead atoms. The first kappa shape index (κ1) is 15.7. The Balaban J connectivity index is 0.00000161. The van der Waals surface area contributed by atoms with Crippen LogP contribution in [0.5, 0.6) is 0 Å². The number of halogens is 1. The molecule has 1 unspecified atom stereocenters. The lowest BCUT2D eigenvalue weighted by molar-refractivity contribution is 0.0776. The summed E-state index contributed by atoms with van der Waals surface area (Å²) in [6, 6.07) is 1.80. The Hall–Kier alpha value is -1.66. The molecule has 21 heavy (non-hydrogen) atoms. The van der Waals surface area contributed by atoms with Crippen LogP contribution in [0.15, 0.2) is 16.8 Å². The van der Waals surface area contributed by atoms with Gasteiger partial charge in [0.2, 0.25) is 0 Å². The number of nitrogens with zero attached hydrogens (tertiary/aromatic N) is 3. The molecule has 1 amide bonds. The molecule has 3 heterocycles. The number of hydrogen-bond donors (Lipinski definition) is 1. The number of fused-ring (bicyclic) bond motifs is 1. The molecule has 1 saturated heterocycles. The van der Waals surface area contributed by atoms with Gasteiger partial charge in [0.25, 0.3) is 11.6 Å². The van der Waals surface area contributed by atoms with E-state index in [0.717, 1.165) is 24.0 Å². The topological polar surface area (TPSA) is 85.2 Å². The number of carbonyl (C=O) groups is 1. The molecule has 0 spiro atoms. The smallest absolute Gasteiger partial charge is 0.257 e. The monoisotopic (exact) mass is 310 g/mol. The zero-order chi connectivity index (χ0) is 14.3. The number of amides is 1. The van der Waals surface area contributed by atoms with Gasteiger partial charge in [-0.3, -0.25) is 4.79 Å². The van der Waals surface area contributed by atoms with Crippen molar-refractivity contribution in [1.29, 1.82) is 0 Å². The van der Waals surface area contributed by atoms with Crippen LogP contribution < -0.4 is 5.73 Å². The van der Waals surface area contributed by atoms with E-state index in [-0.39, 0.29) is 23.7 Å². The highest BCUT2D eigenvalue weighted by atomic mass is 35.5. The van der Waals surface area contributed by atoms with Gasteiger partial charge in [-0.05, 0) is 31.4 Å². The van der Waals surface area contributed by atoms with Crippen molar-refractivity contribution >= 4 is 29.4 Å². The Morgan fingerprint density at radius 3 is 3.00 bits per heavy atom. The van der Waals surface area contributed by atoms with Gasteiger partial charge in [0.15, 0.2) is 0 Å². The molecule has 1 atom stereocenters. The predicted molar refractivity (Wildman–Crippen MR) is 81.5 cm³/mol. The minimum Gasteiger partial charge on any atom is -0.338 e. The Bertz CT molecular complexity index is 672. The van der Waals surface area contributed by atoms with Crippen molar-refractivity contribution in [3.05, 3.63) is 23.5 Å². The SMILES string of the molecule is Cc1noc2ncc(C(=O)N3CCC(C)(CN)C3)cc12.Cl. The van der Waals surface area contributed by atoms with Gasteiger partial charge in [0.05, 0.1) is 16.6 Å². The van der Waals surface area contributed by atoms with Crippen LogP contribution in [0.1, 0.15) is 29.4 Å². The minimum atomic E-state index is -0.00262. The van der Waals surface area contributed by atoms with Crippen molar-refractivity contribution in [2.45, 2.75) is 20.3 Å². The third-order valence-corrected chi connectivity index (χ3v) is 4.09. The summed E-state index contributed by atoms with van der Waals surface area (Å²) >= 11 is 0. The largest absolute Gasteiger partial charge is 0.338 e. The Kier molecular flexibility index (Phi) is 4.20. The van der Waals surface area contributed by atoms with Gasteiger partial charge in [-0.25, -0.2) is 4.98 Å². The number of pyridine rings is 1. The van der Waals surface area contributed by atoms with Crippen molar-refractivity contribution in [2.24, 2.45) is 11.1 Å². The maximum Gasteiger partial charge on any atom is 0.257 e. The van der Waals surface area contributed by atoms with Gasteiger partial charge in [-0.1, -0.05) is 12.1 Å². The first-order valence-electron chi connectivity index (χ1n) is 6.74. The summed E-state index contributed by atoms with van der Waals surface area (Å²) in [5.41, 5.74) is 7.59.